The smallest absolute Gasteiger partial charge is 0.0705 e. The predicted molar refractivity (Wildman–Crippen MR) is 39.1 cm³/mol. The molecule has 0 radical (unpaired) electrons. The monoisotopic (exact) mass is 156 g/mol. The van der Waals surface area contributed by atoms with Crippen molar-refractivity contribution in [2.45, 2.75) is 13.0 Å². The molecule has 0 saturated carbocycles. The van der Waals surface area contributed by atoms with Gasteiger partial charge < -0.3 is 0 Å². The lowest BCUT2D eigenvalue weighted by Gasteiger charge is -1.99. The van der Waals surface area contributed by atoms with E-state index in [1.54, 1.807) is 0 Å². The lowest BCUT2D eigenvalue weighted by Crippen LogP contribution is -2.15. The molecule has 0 rings (SSSR count). The van der Waals surface area contributed by atoms with E-state index in [0.717, 1.165) is 11.0 Å². The molecule has 0 saturated heterocycles. The van der Waals surface area contributed by atoms with Crippen LogP contribution in [0, 0.1) is 0 Å². The first-order valence-corrected chi connectivity index (χ1v) is 5.98. The Morgan fingerprint density at radius 1 is 1.29 bits per heavy atom. The van der Waals surface area contributed by atoms with Gasteiger partial charge in [0.1, 0.15) is 0 Å². The molecule has 44 valence electrons. The van der Waals surface area contributed by atoms with Crippen LogP contribution in [0.4, 0.5) is 0 Å². The van der Waals surface area contributed by atoms with Gasteiger partial charge in [-0.3, -0.25) is 0 Å². The van der Waals surface area contributed by atoms with E-state index < -0.39 is 8.80 Å². The van der Waals surface area contributed by atoms with Crippen molar-refractivity contribution in [3.8, 4) is 0 Å². The van der Waals surface area contributed by atoms with Crippen LogP contribution in [0.15, 0.2) is 0 Å². The van der Waals surface area contributed by atoms with Gasteiger partial charge in [0.2, 0.25) is 0 Å². The molecular weight excluding hydrogens is 147 g/mol. The fourth-order valence-electron chi connectivity index (χ4n) is 0.259. The van der Waals surface area contributed by atoms with Gasteiger partial charge in [0.25, 0.3) is 0 Å². The van der Waals surface area contributed by atoms with Crippen molar-refractivity contribution >= 4 is 32.0 Å². The molecule has 0 fully saturated rings. The third kappa shape index (κ3) is 3.39. The summed E-state index contributed by atoms with van der Waals surface area (Å²) in [7, 11) is -0.640. The zero-order valence-corrected chi connectivity index (χ0v) is 7.12. The first kappa shape index (κ1) is 7.80. The van der Waals surface area contributed by atoms with Crippen LogP contribution >= 0.6 is 23.2 Å². The van der Waals surface area contributed by atoms with Gasteiger partial charge in [-0.2, -0.15) is 0 Å². The fourth-order valence-corrected chi connectivity index (χ4v) is 3.08. The van der Waals surface area contributed by atoms with E-state index in [9.17, 15) is 0 Å². The molecule has 0 unspecified atom stereocenters. The second kappa shape index (κ2) is 4.94. The maximum Gasteiger partial charge on any atom is 0.0705 e. The Balaban J connectivity index is 2.99. The lowest BCUT2D eigenvalue weighted by molar-refractivity contribution is 1.40. The number of hydrogen-bond donors (Lipinski definition) is 0. The highest BCUT2D eigenvalue weighted by molar-refractivity contribution is 6.73. The van der Waals surface area contributed by atoms with Gasteiger partial charge in [-0.15, -0.1) is 23.2 Å². The van der Waals surface area contributed by atoms with Crippen LogP contribution in [0.5, 0.6) is 0 Å². The first-order chi connectivity index (χ1) is 3.35. The van der Waals surface area contributed by atoms with Crippen molar-refractivity contribution in [1.29, 1.82) is 0 Å². The lowest BCUT2D eigenvalue weighted by atomic mass is 11.0. The summed E-state index contributed by atoms with van der Waals surface area (Å²) in [5.41, 5.74) is 1.67. The third-order valence-electron chi connectivity index (χ3n) is 1.01. The van der Waals surface area contributed by atoms with Crippen molar-refractivity contribution < 1.29 is 0 Å². The molecule has 0 aliphatic rings. The average molecular weight is 157 g/mol. The number of halogens is 2. The van der Waals surface area contributed by atoms with Gasteiger partial charge in [-0.05, 0) is 0 Å². The van der Waals surface area contributed by atoms with E-state index in [4.69, 9.17) is 23.2 Å². The van der Waals surface area contributed by atoms with Crippen molar-refractivity contribution in [2.24, 2.45) is 0 Å². The molecule has 0 N–H and O–H groups in total. The highest BCUT2D eigenvalue weighted by Gasteiger charge is 2.01. The summed E-state index contributed by atoms with van der Waals surface area (Å²) in [5, 5.41) is 0. The molecule has 0 nitrogen and oxygen atoms in total. The van der Waals surface area contributed by atoms with E-state index in [0.29, 0.717) is 0 Å². The van der Waals surface area contributed by atoms with Gasteiger partial charge in [-0.1, -0.05) is 13.0 Å². The predicted octanol–water partition coefficient (Wildman–Crippen LogP) is 1.79. The fraction of sp³-hybridized carbons (Fsp3) is 1.00. The number of alkyl halides is 2. The van der Waals surface area contributed by atoms with Crippen LogP contribution in [0.2, 0.25) is 6.04 Å². The second-order valence-electron chi connectivity index (χ2n) is 1.58. The molecule has 0 heterocycles. The van der Waals surface area contributed by atoms with Crippen molar-refractivity contribution in [1.82, 2.24) is 0 Å². The van der Waals surface area contributed by atoms with Gasteiger partial charge in [0, 0.05) is 11.0 Å². The Bertz CT molecular complexity index is 31.2. The molecule has 0 aliphatic heterocycles. The van der Waals surface area contributed by atoms with Crippen LogP contribution in [-0.2, 0) is 0 Å². The van der Waals surface area contributed by atoms with Crippen LogP contribution in [0.25, 0.3) is 0 Å². The van der Waals surface area contributed by atoms with Gasteiger partial charge in [0.15, 0.2) is 0 Å². The molecule has 0 aromatic carbocycles. The Hall–Kier alpha value is 0.797. The zero-order chi connectivity index (χ0) is 5.70. The largest absolute Gasteiger partial charge is 0.130 e. The normalized spacial score (nSPS) is 10.3. The Labute approximate surface area is 56.4 Å². The summed E-state index contributed by atoms with van der Waals surface area (Å²) in [6.07, 6.45) is 0. The molecule has 0 spiro atoms. The second-order valence-corrected chi connectivity index (χ2v) is 6.60. The molecule has 0 aromatic heterocycles. The molecule has 7 heavy (non-hydrogen) atoms. The SMILES string of the molecule is CC[SiH](CCl)CCl. The van der Waals surface area contributed by atoms with E-state index in [1.165, 1.54) is 6.04 Å². The highest BCUT2D eigenvalue weighted by Crippen LogP contribution is 1.95. The molecule has 0 atom stereocenters. The summed E-state index contributed by atoms with van der Waals surface area (Å²) < 4.78 is 0. The van der Waals surface area contributed by atoms with Crippen LogP contribution in [-0.4, -0.2) is 19.8 Å². The maximum atomic E-state index is 5.55. The van der Waals surface area contributed by atoms with Gasteiger partial charge in [-0.25, -0.2) is 0 Å². The minimum atomic E-state index is -0.640. The molecule has 0 aliphatic carbocycles. The molecule has 0 bridgehead atoms. The average Bonchev–Trinajstić information content (AvgIpc) is 1.72. The Morgan fingerprint density at radius 2 is 1.71 bits per heavy atom. The third-order valence-corrected chi connectivity index (χ3v) is 5.66. The summed E-state index contributed by atoms with van der Waals surface area (Å²) in [4.78, 5) is 0. The molecule has 3 heteroatoms. The summed E-state index contributed by atoms with van der Waals surface area (Å²) in [5.74, 6) is 0. The number of hydrogen-bond acceptors (Lipinski definition) is 0. The van der Waals surface area contributed by atoms with Crippen molar-refractivity contribution in [3.05, 3.63) is 0 Å². The molecule has 0 aromatic rings. The van der Waals surface area contributed by atoms with Crippen molar-refractivity contribution in [3.63, 3.8) is 0 Å². The Kier molecular flexibility index (Phi) is 5.51. The molecular formula is C4H10Cl2Si. The van der Waals surface area contributed by atoms with E-state index in [2.05, 4.69) is 6.92 Å². The molecule has 0 amide bonds. The topological polar surface area (TPSA) is 0 Å². The standard InChI is InChI=1S/C4H10Cl2Si/c1-2-7(3-5)4-6/h7H,2-4H2,1H3. The van der Waals surface area contributed by atoms with E-state index >= 15 is 0 Å². The van der Waals surface area contributed by atoms with Crippen LogP contribution in [0.3, 0.4) is 0 Å². The minimum Gasteiger partial charge on any atom is -0.130 e. The zero-order valence-electron chi connectivity index (χ0n) is 4.45. The van der Waals surface area contributed by atoms with E-state index in [-0.39, 0.29) is 0 Å². The quantitative estimate of drug-likeness (QED) is 0.432. The van der Waals surface area contributed by atoms with E-state index in [1.807, 2.05) is 0 Å². The van der Waals surface area contributed by atoms with Crippen molar-refractivity contribution in [2.75, 3.05) is 11.0 Å². The van der Waals surface area contributed by atoms with Gasteiger partial charge >= 0.3 is 0 Å². The van der Waals surface area contributed by atoms with Crippen LogP contribution < -0.4 is 0 Å². The highest BCUT2D eigenvalue weighted by atomic mass is 35.5. The number of rotatable bonds is 3. The summed E-state index contributed by atoms with van der Waals surface area (Å²) in [6.45, 7) is 2.15. The summed E-state index contributed by atoms with van der Waals surface area (Å²) >= 11 is 11.1. The maximum absolute atomic E-state index is 5.55. The Morgan fingerprint density at radius 3 is 1.71 bits per heavy atom. The minimum absolute atomic E-state index is 0.640. The first-order valence-electron chi connectivity index (χ1n) is 2.47. The van der Waals surface area contributed by atoms with Gasteiger partial charge in [0.05, 0.1) is 8.80 Å². The summed E-state index contributed by atoms with van der Waals surface area (Å²) in [6, 6.07) is 1.23. The van der Waals surface area contributed by atoms with Crippen LogP contribution in [0.1, 0.15) is 6.92 Å².